The van der Waals surface area contributed by atoms with Crippen molar-refractivity contribution >= 4 is 11.3 Å². The van der Waals surface area contributed by atoms with Gasteiger partial charge in [0.25, 0.3) is 0 Å². The molecule has 4 heteroatoms. The summed E-state index contributed by atoms with van der Waals surface area (Å²) in [5, 5.41) is 20.1. The Hall–Kier alpha value is -1.97. The molecule has 0 amide bonds. The number of allylic oxidation sites excluding steroid dienone is 4. The Kier molecular flexibility index (Phi) is 2.33. The molecule has 18 heavy (non-hydrogen) atoms. The van der Waals surface area contributed by atoms with Crippen molar-refractivity contribution in [1.29, 1.82) is 0 Å². The van der Waals surface area contributed by atoms with E-state index in [9.17, 15) is 10.2 Å². The second kappa shape index (κ2) is 3.77. The summed E-state index contributed by atoms with van der Waals surface area (Å²) >= 11 is 0. The highest BCUT2D eigenvalue weighted by molar-refractivity contribution is 5.83. The first-order valence-corrected chi connectivity index (χ1v) is 6.19. The molecule has 94 valence electrons. The molecular formula is C14H16N2O2. The zero-order valence-electron chi connectivity index (χ0n) is 10.4. The van der Waals surface area contributed by atoms with Crippen molar-refractivity contribution in [3.05, 3.63) is 41.2 Å². The van der Waals surface area contributed by atoms with Gasteiger partial charge in [0.15, 0.2) is 5.76 Å². The molecule has 1 unspecified atom stereocenters. The van der Waals surface area contributed by atoms with E-state index in [-0.39, 0.29) is 23.4 Å². The molecule has 1 aromatic heterocycles. The molecule has 0 spiro atoms. The van der Waals surface area contributed by atoms with Gasteiger partial charge in [-0.3, -0.25) is 0 Å². The molecule has 0 fully saturated rings. The lowest BCUT2D eigenvalue weighted by molar-refractivity contribution is 0.333. The summed E-state index contributed by atoms with van der Waals surface area (Å²) in [5.74, 6) is 0.892. The second-order valence-electron chi connectivity index (χ2n) is 5.07. The van der Waals surface area contributed by atoms with Crippen LogP contribution in [0.4, 0.5) is 0 Å². The predicted octanol–water partition coefficient (Wildman–Crippen LogP) is 3.29. The number of hydrogen-bond donors (Lipinski definition) is 3. The highest BCUT2D eigenvalue weighted by Gasteiger charge is 2.34. The predicted molar refractivity (Wildman–Crippen MR) is 70.1 cm³/mol. The quantitative estimate of drug-likeness (QED) is 0.710. The maximum Gasteiger partial charge on any atom is 0.180 e. The summed E-state index contributed by atoms with van der Waals surface area (Å²) < 4.78 is 0. The minimum atomic E-state index is -0.161. The minimum Gasteiger partial charge on any atom is -0.508 e. The number of aromatic amines is 1. The van der Waals surface area contributed by atoms with Gasteiger partial charge in [-0.25, -0.2) is 4.98 Å². The van der Waals surface area contributed by atoms with E-state index in [4.69, 9.17) is 0 Å². The number of rotatable bonds is 1. The molecule has 2 aliphatic carbocycles. The number of hydrogen-bond acceptors (Lipinski definition) is 3. The van der Waals surface area contributed by atoms with Crippen molar-refractivity contribution in [2.45, 2.75) is 26.2 Å². The molecule has 2 aliphatic rings. The summed E-state index contributed by atoms with van der Waals surface area (Å²) in [6.45, 7) is 4.08. The number of nitrogens with zero attached hydrogens (tertiary/aromatic N) is 1. The monoisotopic (exact) mass is 244 g/mol. The molecule has 3 N–H and O–H groups in total. The Morgan fingerprint density at radius 2 is 2.17 bits per heavy atom. The molecule has 0 bridgehead atoms. The van der Waals surface area contributed by atoms with Crippen molar-refractivity contribution in [3.63, 3.8) is 0 Å². The normalized spacial score (nSPS) is 21.9. The Balaban J connectivity index is 2.22. The van der Waals surface area contributed by atoms with Gasteiger partial charge in [0.1, 0.15) is 17.3 Å². The van der Waals surface area contributed by atoms with E-state index in [2.05, 4.69) is 9.97 Å². The van der Waals surface area contributed by atoms with E-state index < -0.39 is 0 Å². The molecule has 1 aromatic rings. The topological polar surface area (TPSA) is 69.1 Å². The molecular weight excluding hydrogens is 228 g/mol. The van der Waals surface area contributed by atoms with Gasteiger partial charge in [-0.1, -0.05) is 32.1 Å². The number of nitrogens with one attached hydrogen (secondary N) is 1. The van der Waals surface area contributed by atoms with Crippen LogP contribution in [0, 0.1) is 5.92 Å². The second-order valence-corrected chi connectivity index (χ2v) is 5.07. The van der Waals surface area contributed by atoms with Gasteiger partial charge >= 0.3 is 0 Å². The van der Waals surface area contributed by atoms with Crippen LogP contribution in [0.3, 0.4) is 0 Å². The first-order chi connectivity index (χ1) is 8.59. The number of H-pyrrole nitrogens is 1. The van der Waals surface area contributed by atoms with Gasteiger partial charge in [-0.15, -0.1) is 0 Å². The van der Waals surface area contributed by atoms with E-state index in [1.807, 2.05) is 32.1 Å². The van der Waals surface area contributed by atoms with Crippen LogP contribution in [0.2, 0.25) is 0 Å². The SMILES string of the molecule is CC(C)c1nc2c([nH]1)C(O)=C(O)C1CC=CC=C21. The maximum absolute atomic E-state index is 10.1. The molecule has 1 atom stereocenters. The number of imidazole rings is 1. The summed E-state index contributed by atoms with van der Waals surface area (Å²) in [7, 11) is 0. The molecule has 0 saturated heterocycles. The third-order valence-corrected chi connectivity index (χ3v) is 3.51. The molecule has 0 aliphatic heterocycles. The fourth-order valence-corrected chi connectivity index (χ4v) is 2.47. The van der Waals surface area contributed by atoms with E-state index in [0.717, 1.165) is 17.1 Å². The fraction of sp³-hybridized carbons (Fsp3) is 0.357. The number of fused-ring (bicyclic) bond motifs is 3. The standard InChI is InChI=1S/C14H16N2O2/c1-7(2)14-15-10-8-5-3-4-6-9(8)12(17)13(18)11(10)16-14/h3-5,7,9,17-18H,6H2,1-2H3,(H,15,16). The van der Waals surface area contributed by atoms with Crippen molar-refractivity contribution < 1.29 is 10.2 Å². The van der Waals surface area contributed by atoms with Crippen LogP contribution in [0.5, 0.6) is 0 Å². The number of aromatic nitrogens is 2. The Bertz CT molecular complexity index is 591. The molecule has 4 nitrogen and oxygen atoms in total. The highest BCUT2D eigenvalue weighted by Crippen LogP contribution is 2.42. The van der Waals surface area contributed by atoms with Gasteiger partial charge in [-0.05, 0) is 12.0 Å². The van der Waals surface area contributed by atoms with Crippen LogP contribution in [0.15, 0.2) is 24.0 Å². The average Bonchev–Trinajstić information content (AvgIpc) is 2.81. The van der Waals surface area contributed by atoms with Crippen LogP contribution in [-0.4, -0.2) is 20.2 Å². The number of aliphatic hydroxyl groups is 2. The van der Waals surface area contributed by atoms with E-state index >= 15 is 0 Å². The number of aliphatic hydroxyl groups excluding tert-OH is 2. The van der Waals surface area contributed by atoms with E-state index in [0.29, 0.717) is 12.1 Å². The third-order valence-electron chi connectivity index (χ3n) is 3.51. The highest BCUT2D eigenvalue weighted by atomic mass is 16.3. The zero-order valence-corrected chi connectivity index (χ0v) is 10.4. The lowest BCUT2D eigenvalue weighted by Crippen LogP contribution is -2.16. The zero-order chi connectivity index (χ0) is 12.9. The van der Waals surface area contributed by atoms with Gasteiger partial charge in [0.05, 0.1) is 11.6 Å². The molecule has 0 saturated carbocycles. The first kappa shape index (κ1) is 11.1. The third kappa shape index (κ3) is 1.41. The Morgan fingerprint density at radius 3 is 2.89 bits per heavy atom. The van der Waals surface area contributed by atoms with Crippen LogP contribution in [0.25, 0.3) is 11.3 Å². The van der Waals surface area contributed by atoms with Crippen LogP contribution in [0.1, 0.15) is 43.4 Å². The van der Waals surface area contributed by atoms with E-state index in [1.165, 1.54) is 0 Å². The maximum atomic E-state index is 10.1. The lowest BCUT2D eigenvalue weighted by Gasteiger charge is -2.25. The smallest absolute Gasteiger partial charge is 0.180 e. The fourth-order valence-electron chi connectivity index (χ4n) is 2.47. The summed E-state index contributed by atoms with van der Waals surface area (Å²) in [5.41, 5.74) is 2.28. The van der Waals surface area contributed by atoms with Crippen LogP contribution in [-0.2, 0) is 0 Å². The molecule has 1 heterocycles. The van der Waals surface area contributed by atoms with Crippen molar-refractivity contribution in [3.8, 4) is 0 Å². The summed E-state index contributed by atoms with van der Waals surface area (Å²) in [6, 6.07) is 0. The summed E-state index contributed by atoms with van der Waals surface area (Å²) in [6.07, 6.45) is 6.61. The molecule has 0 aromatic carbocycles. The van der Waals surface area contributed by atoms with Crippen molar-refractivity contribution in [2.75, 3.05) is 0 Å². The van der Waals surface area contributed by atoms with E-state index in [1.54, 1.807) is 0 Å². The Labute approximate surface area is 105 Å². The minimum absolute atomic E-state index is 0.0389. The van der Waals surface area contributed by atoms with Gasteiger partial charge in [0, 0.05) is 5.92 Å². The van der Waals surface area contributed by atoms with Crippen molar-refractivity contribution in [1.82, 2.24) is 9.97 Å². The largest absolute Gasteiger partial charge is 0.508 e. The van der Waals surface area contributed by atoms with Crippen molar-refractivity contribution in [2.24, 2.45) is 5.92 Å². The lowest BCUT2D eigenvalue weighted by atomic mass is 9.83. The Morgan fingerprint density at radius 1 is 1.39 bits per heavy atom. The average molecular weight is 244 g/mol. The molecule has 3 rings (SSSR count). The van der Waals surface area contributed by atoms with Gasteiger partial charge < -0.3 is 15.2 Å². The van der Waals surface area contributed by atoms with Gasteiger partial charge in [-0.2, -0.15) is 0 Å². The first-order valence-electron chi connectivity index (χ1n) is 6.19. The van der Waals surface area contributed by atoms with Gasteiger partial charge in [0.2, 0.25) is 0 Å². The van der Waals surface area contributed by atoms with Crippen LogP contribution < -0.4 is 0 Å². The van der Waals surface area contributed by atoms with Crippen LogP contribution >= 0.6 is 0 Å². The summed E-state index contributed by atoms with van der Waals surface area (Å²) in [4.78, 5) is 7.66. The molecule has 0 radical (unpaired) electrons.